The van der Waals surface area contributed by atoms with E-state index in [2.05, 4.69) is 0 Å². The summed E-state index contributed by atoms with van der Waals surface area (Å²) in [6.07, 6.45) is 5.14. The van der Waals surface area contributed by atoms with Crippen molar-refractivity contribution in [3.05, 3.63) is 0 Å². The second-order valence-electron chi connectivity index (χ2n) is 6.04. The second-order valence-corrected chi connectivity index (χ2v) is 6.04. The van der Waals surface area contributed by atoms with Crippen molar-refractivity contribution in [1.82, 2.24) is 0 Å². The average Bonchev–Trinajstić information content (AvgIpc) is 2.27. The quantitative estimate of drug-likeness (QED) is 0.738. The fourth-order valence-corrected chi connectivity index (χ4v) is 2.35. The number of hydrogen-bond donors (Lipinski definition) is 2. The van der Waals surface area contributed by atoms with Crippen LogP contribution in [-0.4, -0.2) is 28.8 Å². The Morgan fingerprint density at radius 3 is 2.24 bits per heavy atom. The molecule has 1 atom stereocenters. The van der Waals surface area contributed by atoms with E-state index in [1.807, 2.05) is 20.8 Å². The molecule has 0 bridgehead atoms. The smallest absolute Gasteiger partial charge is 0.329 e. The van der Waals surface area contributed by atoms with Crippen LogP contribution in [-0.2, 0) is 9.53 Å². The van der Waals surface area contributed by atoms with Crippen LogP contribution >= 0.6 is 0 Å². The monoisotopic (exact) mass is 243 g/mol. The zero-order valence-corrected chi connectivity index (χ0v) is 11.2. The third-order valence-corrected chi connectivity index (χ3v) is 3.37. The number of esters is 1. The van der Waals surface area contributed by atoms with Crippen LogP contribution in [0.4, 0.5) is 0 Å². The summed E-state index contributed by atoms with van der Waals surface area (Å²) in [7, 11) is 0. The molecular formula is C13H25NO3. The molecule has 0 heterocycles. The first-order chi connectivity index (χ1) is 7.79. The van der Waals surface area contributed by atoms with E-state index in [1.165, 1.54) is 6.42 Å². The van der Waals surface area contributed by atoms with Gasteiger partial charge >= 0.3 is 5.97 Å². The summed E-state index contributed by atoms with van der Waals surface area (Å²) in [5, 5.41) is 9.48. The maximum atomic E-state index is 12.1. The summed E-state index contributed by atoms with van der Waals surface area (Å²) >= 11 is 0. The topological polar surface area (TPSA) is 72.5 Å². The molecule has 0 saturated heterocycles. The lowest BCUT2D eigenvalue weighted by Crippen LogP contribution is -2.59. The molecule has 1 saturated carbocycles. The van der Waals surface area contributed by atoms with Crippen LogP contribution < -0.4 is 5.73 Å². The summed E-state index contributed by atoms with van der Waals surface area (Å²) in [5.41, 5.74) is 4.31. The van der Waals surface area contributed by atoms with Gasteiger partial charge in [0.1, 0.15) is 11.1 Å². The van der Waals surface area contributed by atoms with E-state index in [0.29, 0.717) is 0 Å². The van der Waals surface area contributed by atoms with Crippen LogP contribution in [0.15, 0.2) is 0 Å². The molecule has 0 aromatic carbocycles. The van der Waals surface area contributed by atoms with Gasteiger partial charge < -0.3 is 15.6 Å². The molecule has 0 amide bonds. The minimum atomic E-state index is -1.23. The van der Waals surface area contributed by atoms with E-state index in [4.69, 9.17) is 10.5 Å². The van der Waals surface area contributed by atoms with Crippen molar-refractivity contribution in [3.63, 3.8) is 0 Å². The Hall–Kier alpha value is -0.610. The van der Waals surface area contributed by atoms with Gasteiger partial charge in [0.15, 0.2) is 0 Å². The van der Waals surface area contributed by atoms with Crippen molar-refractivity contribution in [2.45, 2.75) is 64.0 Å². The summed E-state index contributed by atoms with van der Waals surface area (Å²) in [4.78, 5) is 12.1. The molecule has 1 aliphatic rings. The Kier molecular flexibility index (Phi) is 4.55. The molecule has 1 fully saturated rings. The molecule has 17 heavy (non-hydrogen) atoms. The molecule has 1 aliphatic carbocycles. The zero-order chi connectivity index (χ0) is 13.1. The molecule has 1 rings (SSSR count). The van der Waals surface area contributed by atoms with Crippen molar-refractivity contribution in [1.29, 1.82) is 0 Å². The lowest BCUT2D eigenvalue weighted by Gasteiger charge is -2.37. The van der Waals surface area contributed by atoms with Gasteiger partial charge in [-0.15, -0.1) is 0 Å². The highest BCUT2D eigenvalue weighted by atomic mass is 16.6. The van der Waals surface area contributed by atoms with E-state index < -0.39 is 17.1 Å². The van der Waals surface area contributed by atoms with Gasteiger partial charge in [-0.2, -0.15) is 0 Å². The average molecular weight is 243 g/mol. The summed E-state index contributed by atoms with van der Waals surface area (Å²) < 4.78 is 5.32. The molecule has 100 valence electrons. The molecule has 0 aliphatic heterocycles. The number of nitrogens with two attached hydrogens (primary N) is 1. The van der Waals surface area contributed by atoms with Gasteiger partial charge in [0, 0.05) is 0 Å². The van der Waals surface area contributed by atoms with Crippen molar-refractivity contribution in [2.75, 3.05) is 6.61 Å². The fourth-order valence-electron chi connectivity index (χ4n) is 2.35. The Labute approximate surface area is 104 Å². The van der Waals surface area contributed by atoms with Crippen LogP contribution in [0.5, 0.6) is 0 Å². The van der Waals surface area contributed by atoms with Crippen LogP contribution in [0.2, 0.25) is 0 Å². The molecule has 0 aromatic heterocycles. The van der Waals surface area contributed by atoms with Gasteiger partial charge in [0.05, 0.1) is 6.61 Å². The fraction of sp³-hybridized carbons (Fsp3) is 0.923. The van der Waals surface area contributed by atoms with Crippen LogP contribution in [0.25, 0.3) is 0 Å². The maximum absolute atomic E-state index is 12.1. The van der Waals surface area contributed by atoms with E-state index in [1.54, 1.807) is 0 Å². The first-order valence-corrected chi connectivity index (χ1v) is 6.43. The number of carbonyl (C=O) groups is 1. The maximum Gasteiger partial charge on any atom is 0.329 e. The SMILES string of the molecule is CC(C)(C)OC(=O)C(N)(CO)C1CCCCC1. The van der Waals surface area contributed by atoms with Gasteiger partial charge in [-0.25, -0.2) is 4.79 Å². The molecule has 1 unspecified atom stereocenters. The molecule has 4 heteroatoms. The van der Waals surface area contributed by atoms with Crippen LogP contribution in [0, 0.1) is 5.92 Å². The van der Waals surface area contributed by atoms with Gasteiger partial charge in [-0.05, 0) is 39.5 Å². The van der Waals surface area contributed by atoms with Crippen LogP contribution in [0.1, 0.15) is 52.9 Å². The Balaban J connectivity index is 2.75. The molecule has 0 radical (unpaired) electrons. The van der Waals surface area contributed by atoms with Crippen LogP contribution in [0.3, 0.4) is 0 Å². The molecule has 0 aromatic rings. The zero-order valence-electron chi connectivity index (χ0n) is 11.2. The van der Waals surface area contributed by atoms with E-state index in [-0.39, 0.29) is 12.5 Å². The lowest BCUT2D eigenvalue weighted by atomic mass is 9.75. The van der Waals surface area contributed by atoms with Crippen molar-refractivity contribution in [2.24, 2.45) is 11.7 Å². The predicted octanol–water partition coefficient (Wildman–Crippen LogP) is 1.60. The van der Waals surface area contributed by atoms with Gasteiger partial charge in [0.25, 0.3) is 0 Å². The Bertz CT molecular complexity index is 266. The number of hydrogen-bond acceptors (Lipinski definition) is 4. The van der Waals surface area contributed by atoms with Crippen molar-refractivity contribution < 1.29 is 14.6 Å². The standard InChI is InChI=1S/C13H25NO3/c1-12(2,3)17-11(16)13(14,9-15)10-7-5-4-6-8-10/h10,15H,4-9,14H2,1-3H3. The highest BCUT2D eigenvalue weighted by Crippen LogP contribution is 2.32. The summed E-state index contributed by atoms with van der Waals surface area (Å²) in [6, 6.07) is 0. The molecule has 3 N–H and O–H groups in total. The minimum absolute atomic E-state index is 0.0381. The number of rotatable bonds is 3. The number of aliphatic hydroxyl groups is 1. The number of aliphatic hydroxyl groups excluding tert-OH is 1. The summed E-state index contributed by atoms with van der Waals surface area (Å²) in [5.74, 6) is -0.435. The Morgan fingerprint density at radius 1 is 1.29 bits per heavy atom. The highest BCUT2D eigenvalue weighted by Gasteiger charge is 2.44. The van der Waals surface area contributed by atoms with E-state index >= 15 is 0 Å². The minimum Gasteiger partial charge on any atom is -0.459 e. The van der Waals surface area contributed by atoms with E-state index in [0.717, 1.165) is 25.7 Å². The lowest BCUT2D eigenvalue weighted by molar-refractivity contribution is -0.166. The third-order valence-electron chi connectivity index (χ3n) is 3.37. The van der Waals surface area contributed by atoms with Gasteiger partial charge in [-0.1, -0.05) is 19.3 Å². The van der Waals surface area contributed by atoms with Crippen molar-refractivity contribution in [3.8, 4) is 0 Å². The molecule has 4 nitrogen and oxygen atoms in total. The predicted molar refractivity (Wildman–Crippen MR) is 66.4 cm³/mol. The molecule has 0 spiro atoms. The van der Waals surface area contributed by atoms with E-state index in [9.17, 15) is 9.90 Å². The Morgan fingerprint density at radius 2 is 1.82 bits per heavy atom. The normalized spacial score (nSPS) is 21.9. The molecular weight excluding hydrogens is 218 g/mol. The number of ether oxygens (including phenoxy) is 1. The second kappa shape index (κ2) is 5.36. The summed E-state index contributed by atoms with van der Waals surface area (Å²) in [6.45, 7) is 5.09. The largest absolute Gasteiger partial charge is 0.459 e. The van der Waals surface area contributed by atoms with Gasteiger partial charge in [0.2, 0.25) is 0 Å². The third kappa shape index (κ3) is 3.68. The highest BCUT2D eigenvalue weighted by molar-refractivity contribution is 5.81. The first kappa shape index (κ1) is 14.5. The first-order valence-electron chi connectivity index (χ1n) is 6.43. The van der Waals surface area contributed by atoms with Crippen molar-refractivity contribution >= 4 is 5.97 Å². The van der Waals surface area contributed by atoms with Gasteiger partial charge in [-0.3, -0.25) is 0 Å². The number of carbonyl (C=O) groups excluding carboxylic acids is 1.